The number of rotatable bonds is 7. The fraction of sp³-hybridized carbons (Fsp3) is 0.455. The minimum absolute atomic E-state index is 1.02. The van der Waals surface area contributed by atoms with Crippen LogP contribution in [0.5, 0.6) is 0 Å². The Morgan fingerprint density at radius 1 is 1.35 bits per heavy atom. The smallest absolute Gasteiger partial charge is 0.174 e. The third-order valence-corrected chi connectivity index (χ3v) is 5.05. The molecule has 0 amide bonds. The maximum absolute atomic E-state index is 4.08. The Balaban J connectivity index is 1.52. The zero-order valence-corrected chi connectivity index (χ0v) is 12.1. The van der Waals surface area contributed by atoms with Gasteiger partial charge in [-0.3, -0.25) is 0 Å². The standard InChI is InChI=1S/C11H15N3S3/c1-9-13-14-11(17-9)16-8-6-12-5-4-10-3-2-7-15-10/h2-3,7,12H,4-6,8H2,1H3. The van der Waals surface area contributed by atoms with E-state index in [4.69, 9.17) is 0 Å². The van der Waals surface area contributed by atoms with Crippen LogP contribution in [0.15, 0.2) is 21.9 Å². The van der Waals surface area contributed by atoms with Gasteiger partial charge in [0, 0.05) is 17.2 Å². The first-order valence-electron chi connectivity index (χ1n) is 5.50. The van der Waals surface area contributed by atoms with E-state index in [1.165, 1.54) is 4.88 Å². The summed E-state index contributed by atoms with van der Waals surface area (Å²) < 4.78 is 1.07. The van der Waals surface area contributed by atoms with Crippen LogP contribution in [0.2, 0.25) is 0 Å². The molecule has 2 rings (SSSR count). The molecular formula is C11H15N3S3. The maximum atomic E-state index is 4.08. The Morgan fingerprint density at radius 2 is 2.29 bits per heavy atom. The molecule has 92 valence electrons. The summed E-state index contributed by atoms with van der Waals surface area (Å²) in [6.07, 6.45) is 1.13. The first kappa shape index (κ1) is 13.0. The molecule has 2 heterocycles. The van der Waals surface area contributed by atoms with Crippen LogP contribution in [-0.2, 0) is 6.42 Å². The number of aryl methyl sites for hydroxylation is 1. The molecule has 0 radical (unpaired) electrons. The van der Waals surface area contributed by atoms with E-state index in [1.54, 1.807) is 23.1 Å². The van der Waals surface area contributed by atoms with Gasteiger partial charge in [0.1, 0.15) is 5.01 Å². The molecule has 0 aliphatic heterocycles. The van der Waals surface area contributed by atoms with Gasteiger partial charge in [0.05, 0.1) is 0 Å². The molecule has 0 aliphatic rings. The fourth-order valence-corrected chi connectivity index (χ4v) is 3.83. The monoisotopic (exact) mass is 285 g/mol. The lowest BCUT2D eigenvalue weighted by Gasteiger charge is -2.01. The average Bonchev–Trinajstić information content (AvgIpc) is 2.95. The minimum Gasteiger partial charge on any atom is -0.316 e. The summed E-state index contributed by atoms with van der Waals surface area (Å²) in [5.74, 6) is 1.05. The first-order chi connectivity index (χ1) is 8.34. The van der Waals surface area contributed by atoms with E-state index in [1.807, 2.05) is 18.3 Å². The molecule has 2 aromatic heterocycles. The van der Waals surface area contributed by atoms with Gasteiger partial charge in [0.25, 0.3) is 0 Å². The van der Waals surface area contributed by atoms with Gasteiger partial charge in [-0.15, -0.1) is 21.5 Å². The predicted molar refractivity (Wildman–Crippen MR) is 76.3 cm³/mol. The molecule has 3 nitrogen and oxygen atoms in total. The maximum Gasteiger partial charge on any atom is 0.174 e. The van der Waals surface area contributed by atoms with Crippen molar-refractivity contribution in [3.05, 3.63) is 27.4 Å². The summed E-state index contributed by atoms with van der Waals surface area (Å²) in [6, 6.07) is 4.29. The van der Waals surface area contributed by atoms with Crippen molar-refractivity contribution < 1.29 is 0 Å². The van der Waals surface area contributed by atoms with Crippen LogP contribution in [0, 0.1) is 6.92 Å². The Morgan fingerprint density at radius 3 is 3.00 bits per heavy atom. The van der Waals surface area contributed by atoms with E-state index in [2.05, 4.69) is 33.0 Å². The summed E-state index contributed by atoms with van der Waals surface area (Å²) in [5.41, 5.74) is 0. The molecule has 0 atom stereocenters. The molecule has 0 aliphatic carbocycles. The summed E-state index contributed by atoms with van der Waals surface area (Å²) in [5, 5.41) is 14.7. The van der Waals surface area contributed by atoms with Crippen LogP contribution in [-0.4, -0.2) is 29.0 Å². The lowest BCUT2D eigenvalue weighted by molar-refractivity contribution is 0.725. The summed E-state index contributed by atoms with van der Waals surface area (Å²) in [4.78, 5) is 1.45. The van der Waals surface area contributed by atoms with Crippen LogP contribution in [0.4, 0.5) is 0 Å². The van der Waals surface area contributed by atoms with Crippen molar-refractivity contribution in [2.45, 2.75) is 17.7 Å². The number of nitrogens with one attached hydrogen (secondary N) is 1. The normalized spacial score (nSPS) is 10.9. The van der Waals surface area contributed by atoms with Crippen LogP contribution >= 0.6 is 34.4 Å². The average molecular weight is 285 g/mol. The third kappa shape index (κ3) is 4.75. The number of thioether (sulfide) groups is 1. The van der Waals surface area contributed by atoms with Gasteiger partial charge in [-0.1, -0.05) is 29.2 Å². The third-order valence-electron chi connectivity index (χ3n) is 2.14. The number of aromatic nitrogens is 2. The summed E-state index contributed by atoms with van der Waals surface area (Å²) in [6.45, 7) is 4.06. The molecular weight excluding hydrogens is 270 g/mol. The van der Waals surface area contributed by atoms with Crippen molar-refractivity contribution in [1.82, 2.24) is 15.5 Å². The number of nitrogens with zero attached hydrogens (tertiary/aromatic N) is 2. The predicted octanol–water partition coefficient (Wildman–Crippen LogP) is 2.83. The van der Waals surface area contributed by atoms with E-state index in [0.29, 0.717) is 0 Å². The molecule has 1 N–H and O–H groups in total. The largest absolute Gasteiger partial charge is 0.316 e. The van der Waals surface area contributed by atoms with Gasteiger partial charge in [-0.2, -0.15) is 0 Å². The molecule has 6 heteroatoms. The van der Waals surface area contributed by atoms with E-state index >= 15 is 0 Å². The fourth-order valence-electron chi connectivity index (χ4n) is 1.34. The van der Waals surface area contributed by atoms with Crippen molar-refractivity contribution in [2.24, 2.45) is 0 Å². The van der Waals surface area contributed by atoms with E-state index in [9.17, 15) is 0 Å². The van der Waals surface area contributed by atoms with Crippen LogP contribution in [0.3, 0.4) is 0 Å². The zero-order chi connectivity index (χ0) is 11.9. The molecule has 0 spiro atoms. The molecule has 0 unspecified atom stereocenters. The second kappa shape index (κ2) is 7.10. The molecule has 0 saturated heterocycles. The Hall–Kier alpha value is -0.430. The van der Waals surface area contributed by atoms with Gasteiger partial charge in [0.2, 0.25) is 0 Å². The van der Waals surface area contributed by atoms with E-state index < -0.39 is 0 Å². The minimum atomic E-state index is 1.02. The van der Waals surface area contributed by atoms with E-state index in [0.717, 1.165) is 34.6 Å². The second-order valence-corrected chi connectivity index (χ2v) is 7.07. The quantitative estimate of drug-likeness (QED) is 0.627. The molecule has 17 heavy (non-hydrogen) atoms. The Labute approximate surface area is 114 Å². The molecule has 0 saturated carbocycles. The summed E-state index contributed by atoms with van der Waals surface area (Å²) >= 11 is 5.26. The van der Waals surface area contributed by atoms with Crippen molar-refractivity contribution in [2.75, 3.05) is 18.8 Å². The zero-order valence-electron chi connectivity index (χ0n) is 9.68. The number of thiophene rings is 1. The van der Waals surface area contributed by atoms with Crippen molar-refractivity contribution in [3.8, 4) is 0 Å². The van der Waals surface area contributed by atoms with Crippen LogP contribution in [0.25, 0.3) is 0 Å². The van der Waals surface area contributed by atoms with Crippen molar-refractivity contribution in [3.63, 3.8) is 0 Å². The molecule has 2 aromatic rings. The highest BCUT2D eigenvalue weighted by Crippen LogP contribution is 2.20. The van der Waals surface area contributed by atoms with E-state index in [-0.39, 0.29) is 0 Å². The molecule has 0 bridgehead atoms. The summed E-state index contributed by atoms with van der Waals surface area (Å²) in [7, 11) is 0. The van der Waals surface area contributed by atoms with Gasteiger partial charge < -0.3 is 5.32 Å². The Kier molecular flexibility index (Phi) is 5.44. The molecule has 0 fully saturated rings. The lowest BCUT2D eigenvalue weighted by Crippen LogP contribution is -2.19. The Bertz CT molecular complexity index is 425. The van der Waals surface area contributed by atoms with Gasteiger partial charge >= 0.3 is 0 Å². The highest BCUT2D eigenvalue weighted by molar-refractivity contribution is 8.01. The highest BCUT2D eigenvalue weighted by Gasteiger charge is 2.00. The van der Waals surface area contributed by atoms with Crippen LogP contribution < -0.4 is 5.32 Å². The second-order valence-electron chi connectivity index (χ2n) is 3.51. The first-order valence-corrected chi connectivity index (χ1v) is 8.19. The SMILES string of the molecule is Cc1nnc(SCCNCCc2cccs2)s1. The number of hydrogen-bond acceptors (Lipinski definition) is 6. The van der Waals surface area contributed by atoms with Crippen molar-refractivity contribution in [1.29, 1.82) is 0 Å². The topological polar surface area (TPSA) is 37.8 Å². The number of hydrogen-bond donors (Lipinski definition) is 1. The van der Waals surface area contributed by atoms with Gasteiger partial charge in [-0.05, 0) is 31.3 Å². The van der Waals surface area contributed by atoms with Gasteiger partial charge in [-0.25, -0.2) is 0 Å². The highest BCUT2D eigenvalue weighted by atomic mass is 32.2. The van der Waals surface area contributed by atoms with Gasteiger partial charge in [0.15, 0.2) is 4.34 Å². The van der Waals surface area contributed by atoms with Crippen molar-refractivity contribution >= 4 is 34.4 Å². The van der Waals surface area contributed by atoms with Crippen LogP contribution in [0.1, 0.15) is 9.88 Å². The lowest BCUT2D eigenvalue weighted by atomic mass is 10.3. The molecule has 0 aromatic carbocycles.